The van der Waals surface area contributed by atoms with E-state index in [0.29, 0.717) is 21.2 Å². The Morgan fingerprint density at radius 2 is 1.95 bits per heavy atom. The normalized spacial score (nSPS) is 10.6. The first-order valence-electron chi connectivity index (χ1n) is 6.46. The van der Waals surface area contributed by atoms with E-state index in [1.165, 1.54) is 11.3 Å². The van der Waals surface area contributed by atoms with E-state index in [1.54, 1.807) is 31.5 Å². The van der Waals surface area contributed by atoms with Crippen molar-refractivity contribution in [1.29, 1.82) is 0 Å². The van der Waals surface area contributed by atoms with Crippen molar-refractivity contribution in [3.8, 4) is 21.8 Å². The number of aromatic carboxylic acids is 1. The Hall–Kier alpha value is -2.24. The van der Waals surface area contributed by atoms with Gasteiger partial charge in [-0.15, -0.1) is 11.3 Å². The molecule has 0 aliphatic rings. The third kappa shape index (κ3) is 2.73. The number of hydrogen-bond donors (Lipinski definition) is 1. The lowest BCUT2D eigenvalue weighted by Gasteiger charge is -2.05. The van der Waals surface area contributed by atoms with Gasteiger partial charge in [-0.3, -0.25) is 4.98 Å². The van der Waals surface area contributed by atoms with Crippen LogP contribution in [-0.4, -0.2) is 21.0 Å². The molecule has 0 unspecified atom stereocenters. The Labute approximate surface area is 136 Å². The number of nitrogens with zero attached hydrogens (tertiary/aromatic N) is 2. The first-order chi connectivity index (χ1) is 10.6. The first-order valence-corrected chi connectivity index (χ1v) is 7.72. The minimum Gasteiger partial charge on any atom is -0.478 e. The number of hydrogen-bond acceptors (Lipinski definition) is 4. The van der Waals surface area contributed by atoms with E-state index in [1.807, 2.05) is 17.5 Å². The third-order valence-corrected chi connectivity index (χ3v) is 4.35. The summed E-state index contributed by atoms with van der Waals surface area (Å²) >= 11 is 7.28. The molecule has 0 amide bonds. The highest BCUT2D eigenvalue weighted by molar-refractivity contribution is 7.13. The van der Waals surface area contributed by atoms with Gasteiger partial charge in [-0.25, -0.2) is 9.78 Å². The number of pyridine rings is 1. The van der Waals surface area contributed by atoms with E-state index in [0.717, 1.165) is 11.3 Å². The fourth-order valence-corrected chi connectivity index (χ4v) is 3.13. The minimum atomic E-state index is -0.974. The van der Waals surface area contributed by atoms with Crippen LogP contribution in [0.5, 0.6) is 0 Å². The van der Waals surface area contributed by atoms with Crippen LogP contribution in [0.2, 0.25) is 5.02 Å². The van der Waals surface area contributed by atoms with Crippen molar-refractivity contribution in [3.05, 3.63) is 58.2 Å². The molecule has 6 heteroatoms. The molecule has 0 fully saturated rings. The Balaban J connectivity index is 2.07. The first kappa shape index (κ1) is 14.7. The van der Waals surface area contributed by atoms with Gasteiger partial charge in [-0.05, 0) is 24.6 Å². The van der Waals surface area contributed by atoms with Crippen molar-refractivity contribution < 1.29 is 9.90 Å². The number of halogens is 1. The lowest BCUT2D eigenvalue weighted by molar-refractivity contribution is 0.0697. The van der Waals surface area contributed by atoms with Crippen molar-refractivity contribution in [2.45, 2.75) is 6.92 Å². The summed E-state index contributed by atoms with van der Waals surface area (Å²) < 4.78 is 0. The van der Waals surface area contributed by atoms with Gasteiger partial charge in [0.2, 0.25) is 0 Å². The molecule has 0 aliphatic heterocycles. The van der Waals surface area contributed by atoms with Gasteiger partial charge in [-0.2, -0.15) is 0 Å². The van der Waals surface area contributed by atoms with Crippen molar-refractivity contribution in [1.82, 2.24) is 9.97 Å². The van der Waals surface area contributed by atoms with Crippen LogP contribution in [0.4, 0.5) is 0 Å². The summed E-state index contributed by atoms with van der Waals surface area (Å²) in [6.45, 7) is 1.73. The summed E-state index contributed by atoms with van der Waals surface area (Å²) in [5.41, 5.74) is 3.12. The number of carboxylic acids is 1. The standard InChI is InChI=1S/C16H11ClN2O2S/c1-9-6-18-7-12(14(9)16(20)21)15-19-13(8-22-15)10-2-4-11(17)5-3-10/h2-8H,1H3,(H,20,21). The highest BCUT2D eigenvalue weighted by atomic mass is 35.5. The number of carbonyl (C=O) groups is 1. The molecule has 110 valence electrons. The second-order valence-electron chi connectivity index (χ2n) is 4.73. The number of rotatable bonds is 3. The molecular weight excluding hydrogens is 320 g/mol. The molecule has 0 atom stereocenters. The average Bonchev–Trinajstić information content (AvgIpc) is 2.97. The van der Waals surface area contributed by atoms with E-state index in [4.69, 9.17) is 11.6 Å². The maximum absolute atomic E-state index is 11.5. The van der Waals surface area contributed by atoms with Gasteiger partial charge in [0, 0.05) is 33.9 Å². The van der Waals surface area contributed by atoms with Gasteiger partial charge in [-0.1, -0.05) is 23.7 Å². The van der Waals surface area contributed by atoms with Crippen LogP contribution in [0.1, 0.15) is 15.9 Å². The molecule has 0 aliphatic carbocycles. The van der Waals surface area contributed by atoms with Gasteiger partial charge in [0.1, 0.15) is 5.01 Å². The molecule has 0 saturated carbocycles. The van der Waals surface area contributed by atoms with Gasteiger partial charge in [0.15, 0.2) is 0 Å². The largest absolute Gasteiger partial charge is 0.478 e. The SMILES string of the molecule is Cc1cncc(-c2nc(-c3ccc(Cl)cc3)cs2)c1C(=O)O. The van der Waals surface area contributed by atoms with E-state index in [-0.39, 0.29) is 5.56 Å². The predicted octanol–water partition coefficient (Wildman–Crippen LogP) is 4.53. The molecule has 3 aromatic rings. The topological polar surface area (TPSA) is 63.1 Å². The maximum atomic E-state index is 11.5. The maximum Gasteiger partial charge on any atom is 0.336 e. The summed E-state index contributed by atoms with van der Waals surface area (Å²) in [5, 5.41) is 12.6. The van der Waals surface area contributed by atoms with Crippen LogP contribution >= 0.6 is 22.9 Å². The summed E-state index contributed by atoms with van der Waals surface area (Å²) in [4.78, 5) is 20.1. The second kappa shape index (κ2) is 5.87. The zero-order valence-electron chi connectivity index (χ0n) is 11.6. The smallest absolute Gasteiger partial charge is 0.336 e. The summed E-state index contributed by atoms with van der Waals surface area (Å²) in [6.07, 6.45) is 3.08. The van der Waals surface area contributed by atoms with Gasteiger partial charge in [0.05, 0.1) is 11.3 Å². The Morgan fingerprint density at radius 3 is 2.64 bits per heavy atom. The van der Waals surface area contributed by atoms with E-state index in [9.17, 15) is 9.90 Å². The van der Waals surface area contributed by atoms with Gasteiger partial charge >= 0.3 is 5.97 Å². The highest BCUT2D eigenvalue weighted by Crippen LogP contribution is 2.32. The summed E-state index contributed by atoms with van der Waals surface area (Å²) in [6, 6.07) is 7.36. The number of carboxylic acid groups (broad SMARTS) is 1. The molecule has 0 spiro atoms. The van der Waals surface area contributed by atoms with Crippen LogP contribution in [0, 0.1) is 6.92 Å². The number of aryl methyl sites for hydroxylation is 1. The predicted molar refractivity (Wildman–Crippen MR) is 87.5 cm³/mol. The molecule has 22 heavy (non-hydrogen) atoms. The van der Waals surface area contributed by atoms with Crippen molar-refractivity contribution >= 4 is 28.9 Å². The Kier molecular flexibility index (Phi) is 3.92. The molecule has 1 aromatic carbocycles. The van der Waals surface area contributed by atoms with Crippen LogP contribution < -0.4 is 0 Å². The molecule has 0 saturated heterocycles. The number of thiazole rings is 1. The van der Waals surface area contributed by atoms with Crippen LogP contribution in [0.25, 0.3) is 21.8 Å². The monoisotopic (exact) mass is 330 g/mol. The number of benzene rings is 1. The molecule has 2 aromatic heterocycles. The third-order valence-electron chi connectivity index (χ3n) is 3.22. The van der Waals surface area contributed by atoms with Crippen molar-refractivity contribution in [2.75, 3.05) is 0 Å². The van der Waals surface area contributed by atoms with Crippen LogP contribution in [0.15, 0.2) is 42.0 Å². The molecule has 2 heterocycles. The molecular formula is C16H11ClN2O2S. The minimum absolute atomic E-state index is 0.243. The average molecular weight is 331 g/mol. The molecule has 4 nitrogen and oxygen atoms in total. The number of aromatic nitrogens is 2. The van der Waals surface area contributed by atoms with Gasteiger partial charge in [0.25, 0.3) is 0 Å². The van der Waals surface area contributed by atoms with Crippen LogP contribution in [-0.2, 0) is 0 Å². The van der Waals surface area contributed by atoms with Crippen molar-refractivity contribution in [3.63, 3.8) is 0 Å². The lowest BCUT2D eigenvalue weighted by atomic mass is 10.1. The molecule has 3 rings (SSSR count). The molecule has 0 bridgehead atoms. The zero-order chi connectivity index (χ0) is 15.7. The molecule has 0 radical (unpaired) electrons. The highest BCUT2D eigenvalue weighted by Gasteiger charge is 2.17. The van der Waals surface area contributed by atoms with E-state index < -0.39 is 5.97 Å². The van der Waals surface area contributed by atoms with Gasteiger partial charge < -0.3 is 5.11 Å². The zero-order valence-corrected chi connectivity index (χ0v) is 13.1. The van der Waals surface area contributed by atoms with Crippen LogP contribution in [0.3, 0.4) is 0 Å². The molecule has 1 N–H and O–H groups in total. The summed E-state index contributed by atoms with van der Waals surface area (Å²) in [7, 11) is 0. The quantitative estimate of drug-likeness (QED) is 0.766. The van der Waals surface area contributed by atoms with E-state index >= 15 is 0 Å². The van der Waals surface area contributed by atoms with Crippen molar-refractivity contribution in [2.24, 2.45) is 0 Å². The lowest BCUT2D eigenvalue weighted by Crippen LogP contribution is -2.03. The Bertz CT molecular complexity index is 844. The second-order valence-corrected chi connectivity index (χ2v) is 6.02. The summed E-state index contributed by atoms with van der Waals surface area (Å²) in [5.74, 6) is -0.974. The Morgan fingerprint density at radius 1 is 1.23 bits per heavy atom. The van der Waals surface area contributed by atoms with E-state index in [2.05, 4.69) is 9.97 Å². The fourth-order valence-electron chi connectivity index (χ4n) is 2.16. The fraction of sp³-hybridized carbons (Fsp3) is 0.0625.